The van der Waals surface area contributed by atoms with Crippen molar-refractivity contribution in [3.63, 3.8) is 0 Å². The first-order chi connectivity index (χ1) is 15.1. The number of hydrogen-bond donors (Lipinski definition) is 2. The average molecular weight is 439 g/mol. The van der Waals surface area contributed by atoms with Crippen molar-refractivity contribution in [1.82, 2.24) is 9.99 Å². The van der Waals surface area contributed by atoms with E-state index in [1.54, 1.807) is 12.3 Å². The van der Waals surface area contributed by atoms with Crippen LogP contribution >= 0.6 is 11.6 Å². The van der Waals surface area contributed by atoms with Gasteiger partial charge in [-0.3, -0.25) is 4.79 Å². The molecule has 1 amide bonds. The molecule has 0 saturated carbocycles. The Labute approximate surface area is 184 Å². The van der Waals surface area contributed by atoms with Crippen LogP contribution in [0.3, 0.4) is 0 Å². The Balaban J connectivity index is 1.53. The molecule has 0 aliphatic carbocycles. The van der Waals surface area contributed by atoms with Crippen LogP contribution in [0.5, 0.6) is 0 Å². The zero-order chi connectivity index (χ0) is 21.8. The van der Waals surface area contributed by atoms with Crippen LogP contribution in [0, 0.1) is 6.92 Å². The van der Waals surface area contributed by atoms with Gasteiger partial charge >= 0.3 is 5.91 Å². The number of amides is 1. The molecule has 4 rings (SSSR count). The highest BCUT2D eigenvalue weighted by atomic mass is 35.5. The maximum absolute atomic E-state index is 12.5. The van der Waals surface area contributed by atoms with Gasteiger partial charge in [0.15, 0.2) is 5.76 Å². The molecule has 31 heavy (non-hydrogen) atoms. The van der Waals surface area contributed by atoms with E-state index in [0.29, 0.717) is 37.0 Å². The number of nitrogens with one attached hydrogen (secondary N) is 1. The van der Waals surface area contributed by atoms with Crippen molar-refractivity contribution in [2.45, 2.75) is 13.5 Å². The summed E-state index contributed by atoms with van der Waals surface area (Å²) in [6, 6.07) is 15.3. The topological polar surface area (TPSA) is 94.8 Å². The second-order valence-corrected chi connectivity index (χ2v) is 7.48. The highest BCUT2D eigenvalue weighted by molar-refractivity contribution is 6.34. The van der Waals surface area contributed by atoms with Crippen molar-refractivity contribution < 1.29 is 13.9 Å². The van der Waals surface area contributed by atoms with E-state index in [2.05, 4.69) is 10.5 Å². The van der Waals surface area contributed by atoms with Crippen molar-refractivity contribution in [1.29, 1.82) is 0 Å². The first kappa shape index (κ1) is 21.1. The second kappa shape index (κ2) is 9.34. The fourth-order valence-electron chi connectivity index (χ4n) is 3.47. The molecule has 0 aliphatic rings. The van der Waals surface area contributed by atoms with Gasteiger partial charge in [0, 0.05) is 34.9 Å². The minimum absolute atomic E-state index is 0.198. The van der Waals surface area contributed by atoms with Crippen LogP contribution in [0.2, 0.25) is 5.15 Å². The number of nitrogens with zero attached hydrogens (tertiary/aromatic N) is 2. The monoisotopic (exact) mass is 438 g/mol. The molecule has 0 atom stereocenters. The molecule has 2 aromatic heterocycles. The zero-order valence-corrected chi connectivity index (χ0v) is 17.9. The van der Waals surface area contributed by atoms with Gasteiger partial charge in [0.05, 0.1) is 19.4 Å². The van der Waals surface area contributed by atoms with E-state index in [1.807, 2.05) is 54.0 Å². The summed E-state index contributed by atoms with van der Waals surface area (Å²) in [7, 11) is 0. The Morgan fingerprint density at radius 3 is 2.94 bits per heavy atom. The lowest BCUT2D eigenvalue weighted by Gasteiger charge is -2.07. The van der Waals surface area contributed by atoms with E-state index in [0.717, 1.165) is 27.4 Å². The summed E-state index contributed by atoms with van der Waals surface area (Å²) in [5, 5.41) is 6.44. The molecular weight excluding hydrogens is 416 g/mol. The number of carbonyl (C=O) groups is 1. The van der Waals surface area contributed by atoms with Gasteiger partial charge in [0.2, 0.25) is 0 Å². The molecule has 0 bridgehead atoms. The van der Waals surface area contributed by atoms with Crippen LogP contribution in [0.15, 0.2) is 58.0 Å². The number of benzene rings is 2. The Bertz CT molecular complexity index is 1260. The fourth-order valence-corrected chi connectivity index (χ4v) is 3.79. The Morgan fingerprint density at radius 2 is 2.10 bits per heavy atom. The summed E-state index contributed by atoms with van der Waals surface area (Å²) >= 11 is 6.63. The fraction of sp³-hybridized carbons (Fsp3) is 0.217. The number of nitrogens with two attached hydrogens (primary N) is 1. The zero-order valence-electron chi connectivity index (χ0n) is 17.1. The quantitative estimate of drug-likeness (QED) is 0.246. The van der Waals surface area contributed by atoms with Crippen LogP contribution in [0.4, 0.5) is 0 Å². The van der Waals surface area contributed by atoms with Gasteiger partial charge in [-0.1, -0.05) is 41.4 Å². The third-order valence-electron chi connectivity index (χ3n) is 4.92. The number of carbonyl (C=O) groups excluding carboxylic acids is 1. The molecule has 3 N–H and O–H groups in total. The number of para-hydroxylation sites is 1. The highest BCUT2D eigenvalue weighted by Crippen LogP contribution is 2.28. The number of ether oxygens (including phenoxy) is 1. The SMILES string of the molecule is Cc1ccc2oc(C(=O)N/N=C/c3c(Cl)n(CCOCCN)c4ccccc34)cc2c1. The average Bonchev–Trinajstić information content (AvgIpc) is 3.30. The number of aromatic nitrogens is 1. The van der Waals surface area contributed by atoms with E-state index >= 15 is 0 Å². The normalized spacial score (nSPS) is 11.7. The number of hydrogen-bond acceptors (Lipinski definition) is 5. The van der Waals surface area contributed by atoms with E-state index in [9.17, 15) is 4.79 Å². The maximum Gasteiger partial charge on any atom is 0.307 e. The molecule has 2 aromatic carbocycles. The van der Waals surface area contributed by atoms with Gasteiger partial charge in [0.25, 0.3) is 0 Å². The van der Waals surface area contributed by atoms with E-state index in [-0.39, 0.29) is 5.76 Å². The Morgan fingerprint density at radius 1 is 1.26 bits per heavy atom. The van der Waals surface area contributed by atoms with Crippen molar-refractivity contribution in [2.24, 2.45) is 10.8 Å². The highest BCUT2D eigenvalue weighted by Gasteiger charge is 2.15. The molecule has 8 heteroatoms. The first-order valence-electron chi connectivity index (χ1n) is 9.96. The first-order valence-corrected chi connectivity index (χ1v) is 10.3. The smallest absolute Gasteiger partial charge is 0.307 e. The van der Waals surface area contributed by atoms with E-state index in [4.69, 9.17) is 26.5 Å². The van der Waals surface area contributed by atoms with Crippen molar-refractivity contribution in [3.8, 4) is 0 Å². The predicted molar refractivity (Wildman–Crippen MR) is 123 cm³/mol. The van der Waals surface area contributed by atoms with Crippen molar-refractivity contribution >= 4 is 45.6 Å². The number of rotatable bonds is 8. The molecule has 0 unspecified atom stereocenters. The molecule has 4 aromatic rings. The Hall–Kier alpha value is -3.13. The summed E-state index contributed by atoms with van der Waals surface area (Å²) in [4.78, 5) is 12.5. The van der Waals surface area contributed by atoms with Gasteiger partial charge in [-0.25, -0.2) is 5.43 Å². The minimum atomic E-state index is -0.430. The van der Waals surface area contributed by atoms with E-state index in [1.165, 1.54) is 0 Å². The third-order valence-corrected chi connectivity index (χ3v) is 5.33. The molecule has 0 spiro atoms. The summed E-state index contributed by atoms with van der Waals surface area (Å²) < 4.78 is 13.1. The predicted octanol–water partition coefficient (Wildman–Crippen LogP) is 4.09. The van der Waals surface area contributed by atoms with Crippen LogP contribution in [-0.2, 0) is 11.3 Å². The number of fused-ring (bicyclic) bond motifs is 2. The third kappa shape index (κ3) is 4.49. The van der Waals surface area contributed by atoms with Gasteiger partial charge in [0.1, 0.15) is 10.7 Å². The molecule has 0 fully saturated rings. The minimum Gasteiger partial charge on any atom is -0.451 e. The van der Waals surface area contributed by atoms with Gasteiger partial charge in [-0.2, -0.15) is 5.10 Å². The van der Waals surface area contributed by atoms with Crippen molar-refractivity contribution in [2.75, 3.05) is 19.8 Å². The summed E-state index contributed by atoms with van der Waals surface area (Å²) in [5.74, 6) is -0.233. The number of hydrazone groups is 1. The van der Waals surface area contributed by atoms with Gasteiger partial charge < -0.3 is 19.5 Å². The number of furan rings is 1. The molecule has 0 radical (unpaired) electrons. The van der Waals surface area contributed by atoms with Crippen LogP contribution < -0.4 is 11.2 Å². The maximum atomic E-state index is 12.5. The molecular formula is C23H23ClN4O3. The number of aryl methyl sites for hydroxylation is 1. The lowest BCUT2D eigenvalue weighted by Crippen LogP contribution is -2.16. The molecule has 0 aliphatic heterocycles. The molecule has 0 saturated heterocycles. The van der Waals surface area contributed by atoms with Gasteiger partial charge in [-0.05, 0) is 31.2 Å². The summed E-state index contributed by atoms with van der Waals surface area (Å²) in [5.41, 5.74) is 11.4. The van der Waals surface area contributed by atoms with Crippen LogP contribution in [-0.4, -0.2) is 36.4 Å². The Kier molecular flexibility index (Phi) is 6.36. The second-order valence-electron chi connectivity index (χ2n) is 7.13. The van der Waals surface area contributed by atoms with E-state index < -0.39 is 5.91 Å². The van der Waals surface area contributed by atoms with Gasteiger partial charge in [-0.15, -0.1) is 0 Å². The van der Waals surface area contributed by atoms with Crippen LogP contribution in [0.25, 0.3) is 21.9 Å². The van der Waals surface area contributed by atoms with Crippen molar-refractivity contribution in [3.05, 3.63) is 70.6 Å². The lowest BCUT2D eigenvalue weighted by atomic mass is 10.2. The molecule has 7 nitrogen and oxygen atoms in total. The lowest BCUT2D eigenvalue weighted by molar-refractivity contribution is 0.0929. The summed E-state index contributed by atoms with van der Waals surface area (Å²) in [6.45, 7) is 4.04. The molecule has 2 heterocycles. The standard InChI is InChI=1S/C23H23ClN4O3/c1-15-6-7-20-16(12-15)13-21(31-20)23(29)27-26-14-18-17-4-2-3-5-19(17)28(22(18)24)9-11-30-10-8-25/h2-7,12-14H,8-11,25H2,1H3,(H,27,29)/b26-14+. The summed E-state index contributed by atoms with van der Waals surface area (Å²) in [6.07, 6.45) is 1.55. The number of halogens is 1. The molecule has 160 valence electrons. The van der Waals surface area contributed by atoms with Crippen LogP contribution in [0.1, 0.15) is 21.7 Å². The largest absolute Gasteiger partial charge is 0.451 e.